The lowest BCUT2D eigenvalue weighted by molar-refractivity contribution is -0.223. The number of carbonyl (C=O) groups is 1. The van der Waals surface area contributed by atoms with Gasteiger partial charge >= 0.3 is 6.09 Å². The van der Waals surface area contributed by atoms with E-state index in [0.717, 1.165) is 53.0 Å². The summed E-state index contributed by atoms with van der Waals surface area (Å²) >= 11 is 1.70. The van der Waals surface area contributed by atoms with Crippen LogP contribution in [0.4, 0.5) is 10.5 Å². The minimum absolute atomic E-state index is 0.0768. The highest BCUT2D eigenvalue weighted by Gasteiger charge is 2.64. The number of unbranched alkanes of at least 4 members (excludes halogenated alkanes) is 2. The van der Waals surface area contributed by atoms with Gasteiger partial charge in [-0.1, -0.05) is 78.7 Å². The monoisotopic (exact) mass is 848 g/mol. The Balaban J connectivity index is 1.35. The van der Waals surface area contributed by atoms with Gasteiger partial charge in [-0.25, -0.2) is 4.79 Å². The summed E-state index contributed by atoms with van der Waals surface area (Å²) in [7, 11) is 3.09. The van der Waals surface area contributed by atoms with Crippen LogP contribution in [0.2, 0.25) is 0 Å². The van der Waals surface area contributed by atoms with Gasteiger partial charge < -0.3 is 38.7 Å². The molecule has 61 heavy (non-hydrogen) atoms. The number of hydrogen-bond donors (Lipinski definition) is 3. The largest absolute Gasteiger partial charge is 0.497 e. The summed E-state index contributed by atoms with van der Waals surface area (Å²) in [5, 5.41) is 27.3. The van der Waals surface area contributed by atoms with Crippen molar-refractivity contribution in [2.24, 2.45) is 22.9 Å². The van der Waals surface area contributed by atoms with Gasteiger partial charge in [0.15, 0.2) is 0 Å². The van der Waals surface area contributed by atoms with E-state index < -0.39 is 11.9 Å². The number of methoxy groups -OCH3 is 2. The number of amides is 1. The second-order valence-corrected chi connectivity index (χ2v) is 16.8. The number of oxime groups is 1. The van der Waals surface area contributed by atoms with Crippen molar-refractivity contribution in [3.8, 4) is 23.0 Å². The Kier molecular flexibility index (Phi) is 15.1. The maximum Gasteiger partial charge on any atom is 0.417 e. The Labute approximate surface area is 362 Å². The van der Waals surface area contributed by atoms with Crippen LogP contribution in [0.15, 0.2) is 131 Å². The molecule has 1 amide bonds. The average molecular weight is 849 g/mol. The van der Waals surface area contributed by atoms with Crippen molar-refractivity contribution >= 4 is 29.3 Å². The number of benzene rings is 4. The molecule has 4 aromatic rings. The molecule has 2 aliphatic carbocycles. The molecule has 11 nitrogen and oxygen atoms in total. The predicted octanol–water partition coefficient (Wildman–Crippen LogP) is 9.94. The molecule has 1 aliphatic heterocycles. The van der Waals surface area contributed by atoms with Crippen molar-refractivity contribution < 1.29 is 43.5 Å². The van der Waals surface area contributed by atoms with Crippen molar-refractivity contribution in [3.05, 3.63) is 132 Å². The van der Waals surface area contributed by atoms with Gasteiger partial charge in [0.2, 0.25) is 5.79 Å². The molecule has 7 rings (SSSR count). The standard InChI is InChI=1S/C49H56N2O9S/c1-4-27-57-49-45(61-37-18-9-6-10-19-37)31-42(51-58-32-33-15-7-5-8-16-33)39-28-34(17-11-13-25-52)38(20-12-14-26-53)46(47(39)49)40-29-36(22-24-43(40)60-49)59-48(54)50-41-23-21-35(55-2)30-44(41)56-3/h4-10,15-16,18-19,21-24,28-30,34,38,45-47,52-53H,1,11-14,17,20,25-27,31-32H2,2-3H3,(H,50,54). The third-order valence-corrected chi connectivity index (χ3v) is 13.1. The molecule has 0 bridgehead atoms. The quantitative estimate of drug-likeness (QED) is 0.0448. The number of hydrogen-bond acceptors (Lipinski definition) is 11. The van der Waals surface area contributed by atoms with Crippen LogP contribution in [0.5, 0.6) is 23.0 Å². The lowest BCUT2D eigenvalue weighted by Crippen LogP contribution is -2.64. The molecule has 6 atom stereocenters. The van der Waals surface area contributed by atoms with E-state index in [1.54, 1.807) is 49.2 Å². The average Bonchev–Trinajstić information content (AvgIpc) is 3.28. The second kappa shape index (κ2) is 21.0. The minimum Gasteiger partial charge on any atom is -0.497 e. The number of ether oxygens (including phenoxy) is 5. The number of allylic oxidation sites excluding steroid dienone is 1. The number of aliphatic hydroxyl groups excluding tert-OH is 2. The molecule has 322 valence electrons. The van der Waals surface area contributed by atoms with Gasteiger partial charge in [-0.2, -0.15) is 0 Å². The normalized spacial score (nSPS) is 23.1. The van der Waals surface area contributed by atoms with Gasteiger partial charge in [0.05, 0.1) is 43.4 Å². The van der Waals surface area contributed by atoms with E-state index in [4.69, 9.17) is 33.7 Å². The first-order chi connectivity index (χ1) is 29.9. The Morgan fingerprint density at radius 3 is 2.38 bits per heavy atom. The molecule has 1 fully saturated rings. The van der Waals surface area contributed by atoms with E-state index in [1.165, 1.54) is 7.11 Å². The molecule has 3 N–H and O–H groups in total. The fourth-order valence-corrected chi connectivity index (χ4v) is 10.4. The van der Waals surface area contributed by atoms with Crippen LogP contribution >= 0.6 is 11.8 Å². The van der Waals surface area contributed by atoms with Crippen LogP contribution in [0.25, 0.3) is 0 Å². The van der Waals surface area contributed by atoms with E-state index in [-0.39, 0.29) is 48.7 Å². The van der Waals surface area contributed by atoms with Crippen molar-refractivity contribution in [2.45, 2.75) is 73.4 Å². The summed E-state index contributed by atoms with van der Waals surface area (Å²) in [6.07, 6.45) is 8.61. The summed E-state index contributed by atoms with van der Waals surface area (Å²) < 4.78 is 31.2. The Morgan fingerprint density at radius 1 is 0.918 bits per heavy atom. The fourth-order valence-electron chi connectivity index (χ4n) is 9.05. The number of rotatable bonds is 20. The number of carbonyl (C=O) groups excluding carboxylic acids is 1. The zero-order valence-electron chi connectivity index (χ0n) is 34.9. The topological polar surface area (TPSA) is 137 Å². The third-order valence-electron chi connectivity index (χ3n) is 11.7. The molecular formula is C49H56N2O9S. The van der Waals surface area contributed by atoms with Gasteiger partial charge in [-0.05, 0) is 91.1 Å². The highest BCUT2D eigenvalue weighted by atomic mass is 32.2. The Hall–Kier alpha value is -5.27. The Bertz CT molecular complexity index is 2150. The first-order valence-electron chi connectivity index (χ1n) is 21.1. The SMILES string of the molecule is C=CCOC12Oc3ccc(OC(=O)Nc4ccc(OC)cc4OC)cc3C3C(CCCCO)C(CCCCO)C=C(C(=NOCc4ccccc4)CC1Sc1ccccc1)C32. The molecule has 4 aromatic carbocycles. The maximum absolute atomic E-state index is 13.5. The van der Waals surface area contributed by atoms with Gasteiger partial charge in [-0.15, -0.1) is 18.3 Å². The zero-order chi connectivity index (χ0) is 42.6. The summed E-state index contributed by atoms with van der Waals surface area (Å²) in [4.78, 5) is 20.8. The molecule has 0 radical (unpaired) electrons. The van der Waals surface area contributed by atoms with E-state index in [2.05, 4.69) is 30.1 Å². The van der Waals surface area contributed by atoms with E-state index in [0.29, 0.717) is 54.6 Å². The summed E-state index contributed by atoms with van der Waals surface area (Å²) in [5.74, 6) is 0.490. The molecule has 12 heteroatoms. The smallest absolute Gasteiger partial charge is 0.417 e. The number of anilines is 1. The Morgan fingerprint density at radius 2 is 1.66 bits per heavy atom. The van der Waals surface area contributed by atoms with Crippen molar-refractivity contribution in [3.63, 3.8) is 0 Å². The highest BCUT2D eigenvalue weighted by Crippen LogP contribution is 2.63. The fraction of sp³-hybridized carbons (Fsp3) is 0.388. The van der Waals surface area contributed by atoms with Gasteiger partial charge in [0.1, 0.15) is 29.6 Å². The first kappa shape index (κ1) is 43.8. The van der Waals surface area contributed by atoms with Gasteiger partial charge in [0, 0.05) is 42.1 Å². The summed E-state index contributed by atoms with van der Waals surface area (Å²) in [5.41, 5.74) is 4.20. The van der Waals surface area contributed by atoms with Crippen molar-refractivity contribution in [2.75, 3.05) is 39.4 Å². The van der Waals surface area contributed by atoms with E-state index in [9.17, 15) is 15.0 Å². The van der Waals surface area contributed by atoms with Crippen LogP contribution in [-0.4, -0.2) is 67.1 Å². The lowest BCUT2D eigenvalue weighted by Gasteiger charge is -2.58. The number of thioether (sulfide) groups is 1. The molecule has 0 aromatic heterocycles. The molecule has 1 heterocycles. The number of nitrogens with zero attached hydrogens (tertiary/aromatic N) is 1. The maximum atomic E-state index is 13.5. The first-order valence-corrected chi connectivity index (χ1v) is 22.0. The molecule has 0 saturated heterocycles. The summed E-state index contributed by atoms with van der Waals surface area (Å²) in [6.45, 7) is 4.81. The van der Waals surface area contributed by atoms with Gasteiger partial charge in [0.25, 0.3) is 0 Å². The molecule has 6 unspecified atom stereocenters. The van der Waals surface area contributed by atoms with E-state index >= 15 is 0 Å². The molecule has 1 saturated carbocycles. The van der Waals surface area contributed by atoms with Crippen LogP contribution in [0.3, 0.4) is 0 Å². The lowest BCUT2D eigenvalue weighted by atomic mass is 9.56. The van der Waals surface area contributed by atoms with Gasteiger partial charge in [-0.3, -0.25) is 5.32 Å². The van der Waals surface area contributed by atoms with Crippen molar-refractivity contribution in [1.29, 1.82) is 0 Å². The van der Waals surface area contributed by atoms with Crippen LogP contribution in [0.1, 0.15) is 62.0 Å². The van der Waals surface area contributed by atoms with Crippen molar-refractivity contribution in [1.82, 2.24) is 0 Å². The van der Waals surface area contributed by atoms with E-state index in [1.807, 2.05) is 60.7 Å². The summed E-state index contributed by atoms with van der Waals surface area (Å²) in [6, 6.07) is 30.9. The highest BCUT2D eigenvalue weighted by molar-refractivity contribution is 8.00. The molecule has 3 aliphatic rings. The molecule has 0 spiro atoms. The van der Waals surface area contributed by atoms with Crippen LogP contribution in [-0.2, 0) is 16.2 Å². The van der Waals surface area contributed by atoms with Crippen LogP contribution < -0.4 is 24.3 Å². The molecular weight excluding hydrogens is 793 g/mol. The third kappa shape index (κ3) is 10.1. The zero-order valence-corrected chi connectivity index (χ0v) is 35.7. The predicted molar refractivity (Wildman–Crippen MR) is 238 cm³/mol. The second-order valence-electron chi connectivity index (χ2n) is 15.5. The number of fused-ring (bicyclic) bond motifs is 2. The number of aliphatic hydroxyl groups is 2. The number of nitrogens with one attached hydrogen (secondary N) is 1. The van der Waals surface area contributed by atoms with Crippen LogP contribution in [0, 0.1) is 17.8 Å². The minimum atomic E-state index is -1.16.